The second kappa shape index (κ2) is 7.77. The minimum Gasteiger partial charge on any atom is -0.449 e. The first kappa shape index (κ1) is 19.8. The van der Waals surface area contributed by atoms with E-state index in [-0.39, 0.29) is 16.3 Å². The van der Waals surface area contributed by atoms with E-state index in [9.17, 15) is 23.3 Å². The smallest absolute Gasteiger partial charge is 0.416 e. The fourth-order valence-corrected chi connectivity index (χ4v) is 2.21. The van der Waals surface area contributed by atoms with Crippen LogP contribution in [0.15, 0.2) is 42.0 Å². The van der Waals surface area contributed by atoms with Crippen molar-refractivity contribution < 1.29 is 22.8 Å². The summed E-state index contributed by atoms with van der Waals surface area (Å²) in [7, 11) is 0. The molecule has 136 valence electrons. The molecule has 0 amide bonds. The average Bonchev–Trinajstić information content (AvgIpc) is 2.61. The summed E-state index contributed by atoms with van der Waals surface area (Å²) in [6.07, 6.45) is -3.48. The molecule has 0 spiro atoms. The fraction of sp³-hybridized carbons (Fsp3) is 0.0588. The zero-order valence-electron chi connectivity index (χ0n) is 13.1. The minimum absolute atomic E-state index is 0.0202. The molecule has 0 saturated heterocycles. The van der Waals surface area contributed by atoms with Gasteiger partial charge in [0.2, 0.25) is 5.75 Å². The third-order valence-corrected chi connectivity index (χ3v) is 3.51. The van der Waals surface area contributed by atoms with Crippen LogP contribution in [0.25, 0.3) is 6.08 Å². The van der Waals surface area contributed by atoms with Gasteiger partial charge < -0.3 is 4.74 Å². The maximum absolute atomic E-state index is 12.7. The molecule has 10 heteroatoms. The molecule has 2 rings (SSSR count). The minimum atomic E-state index is -4.74. The zero-order valence-corrected chi connectivity index (χ0v) is 13.9. The lowest BCUT2D eigenvalue weighted by molar-refractivity contribution is -0.385. The lowest BCUT2D eigenvalue weighted by atomic mass is 10.1. The average molecular weight is 394 g/mol. The summed E-state index contributed by atoms with van der Waals surface area (Å²) in [4.78, 5) is 10.1. The number of benzene rings is 2. The Kier molecular flexibility index (Phi) is 5.69. The van der Waals surface area contributed by atoms with Crippen LogP contribution in [-0.4, -0.2) is 4.92 Å². The molecule has 0 radical (unpaired) electrons. The van der Waals surface area contributed by atoms with Crippen molar-refractivity contribution in [1.82, 2.24) is 0 Å². The van der Waals surface area contributed by atoms with Gasteiger partial charge in [0, 0.05) is 6.07 Å². The summed E-state index contributed by atoms with van der Waals surface area (Å²) in [5.74, 6) is -0.472. The highest BCUT2D eigenvalue weighted by molar-refractivity contribution is 6.32. The standard InChI is InChI=1S/C17H7ClF3N3O3/c18-13-6-10(5-11(8-22)9-23)1-3-15(13)27-16-4-2-12(17(19,20)21)7-14(16)24(25)26/h1-7H. The number of halogens is 4. The largest absolute Gasteiger partial charge is 0.449 e. The first-order valence-electron chi connectivity index (χ1n) is 7.00. The lowest BCUT2D eigenvalue weighted by Crippen LogP contribution is -2.06. The Hall–Kier alpha value is -3.56. The van der Waals surface area contributed by atoms with E-state index in [0.717, 1.165) is 6.07 Å². The molecule has 0 aliphatic rings. The molecule has 2 aromatic carbocycles. The fourth-order valence-electron chi connectivity index (χ4n) is 1.99. The highest BCUT2D eigenvalue weighted by Gasteiger charge is 2.33. The van der Waals surface area contributed by atoms with Crippen LogP contribution in [0, 0.1) is 32.8 Å². The van der Waals surface area contributed by atoms with E-state index < -0.39 is 28.1 Å². The van der Waals surface area contributed by atoms with Crippen molar-refractivity contribution in [1.29, 1.82) is 10.5 Å². The molecule has 0 fully saturated rings. The Morgan fingerprint density at radius 1 is 1.15 bits per heavy atom. The van der Waals surface area contributed by atoms with Gasteiger partial charge in [-0.2, -0.15) is 23.7 Å². The van der Waals surface area contributed by atoms with Crippen LogP contribution >= 0.6 is 11.6 Å². The van der Waals surface area contributed by atoms with Gasteiger partial charge in [-0.25, -0.2) is 0 Å². The van der Waals surface area contributed by atoms with E-state index >= 15 is 0 Å². The monoisotopic (exact) mass is 393 g/mol. The van der Waals surface area contributed by atoms with Gasteiger partial charge >= 0.3 is 11.9 Å². The number of nitro benzene ring substituents is 1. The SMILES string of the molecule is N#CC(C#N)=Cc1ccc(Oc2ccc(C(F)(F)F)cc2[N+](=O)[O-])c(Cl)c1. The van der Waals surface area contributed by atoms with Gasteiger partial charge in [0.1, 0.15) is 23.5 Å². The summed E-state index contributed by atoms with van der Waals surface area (Å²) in [5, 5.41) is 28.5. The predicted molar refractivity (Wildman–Crippen MR) is 88.8 cm³/mol. The summed E-state index contributed by atoms with van der Waals surface area (Å²) in [6, 6.07) is 9.25. The van der Waals surface area contributed by atoms with Crippen molar-refractivity contribution >= 4 is 23.4 Å². The van der Waals surface area contributed by atoms with Crippen LogP contribution in [-0.2, 0) is 6.18 Å². The Labute approximate surface area is 155 Å². The van der Waals surface area contributed by atoms with E-state index in [2.05, 4.69) is 0 Å². The number of hydrogen-bond donors (Lipinski definition) is 0. The topological polar surface area (TPSA) is 100.0 Å². The highest BCUT2D eigenvalue weighted by atomic mass is 35.5. The van der Waals surface area contributed by atoms with Gasteiger partial charge in [-0.05, 0) is 35.9 Å². The Bertz CT molecular complexity index is 1000. The second-order valence-corrected chi connectivity index (χ2v) is 5.42. The molecule has 0 unspecified atom stereocenters. The maximum Gasteiger partial charge on any atom is 0.416 e. The van der Waals surface area contributed by atoms with Crippen LogP contribution in [0.1, 0.15) is 11.1 Å². The van der Waals surface area contributed by atoms with Crippen LogP contribution in [0.5, 0.6) is 11.5 Å². The Morgan fingerprint density at radius 3 is 2.30 bits per heavy atom. The Balaban J connectivity index is 2.40. The van der Waals surface area contributed by atoms with Gasteiger partial charge in [-0.3, -0.25) is 10.1 Å². The van der Waals surface area contributed by atoms with E-state index in [4.69, 9.17) is 26.9 Å². The summed E-state index contributed by atoms with van der Waals surface area (Å²) < 4.78 is 43.5. The molecule has 0 bridgehead atoms. The zero-order chi connectivity index (χ0) is 20.2. The molecule has 0 aromatic heterocycles. The van der Waals surface area contributed by atoms with Gasteiger partial charge in [0.25, 0.3) is 0 Å². The predicted octanol–water partition coefficient (Wildman–Crippen LogP) is 5.49. The number of alkyl halides is 3. The number of ether oxygens (including phenoxy) is 1. The van der Waals surface area contributed by atoms with Gasteiger partial charge in [0.15, 0.2) is 0 Å². The van der Waals surface area contributed by atoms with Crippen molar-refractivity contribution in [3.05, 3.63) is 68.2 Å². The normalized spacial score (nSPS) is 10.4. The molecule has 2 aromatic rings. The van der Waals surface area contributed by atoms with Crippen molar-refractivity contribution in [2.24, 2.45) is 0 Å². The number of nitriles is 2. The van der Waals surface area contributed by atoms with Crippen molar-refractivity contribution in [3.63, 3.8) is 0 Å². The maximum atomic E-state index is 12.7. The number of nitrogens with zero attached hydrogens (tertiary/aromatic N) is 3. The second-order valence-electron chi connectivity index (χ2n) is 5.01. The van der Waals surface area contributed by atoms with Crippen LogP contribution in [0.4, 0.5) is 18.9 Å². The quantitative estimate of drug-likeness (QED) is 0.388. The van der Waals surface area contributed by atoms with E-state index in [1.54, 1.807) is 12.1 Å². The third kappa shape index (κ3) is 4.75. The molecule has 0 atom stereocenters. The van der Waals surface area contributed by atoms with Gasteiger partial charge in [-0.15, -0.1) is 0 Å². The summed E-state index contributed by atoms with van der Waals surface area (Å²) >= 11 is 6.01. The molecule has 0 aliphatic carbocycles. The molecule has 0 heterocycles. The number of nitro groups is 1. The Morgan fingerprint density at radius 2 is 1.78 bits per heavy atom. The van der Waals surface area contributed by atoms with Crippen LogP contribution in [0.2, 0.25) is 5.02 Å². The third-order valence-electron chi connectivity index (χ3n) is 3.21. The molecular formula is C17H7ClF3N3O3. The van der Waals surface area contributed by atoms with Gasteiger partial charge in [-0.1, -0.05) is 17.7 Å². The summed E-state index contributed by atoms with van der Waals surface area (Å²) in [5.41, 5.74) is -1.83. The molecule has 0 N–H and O–H groups in total. The highest BCUT2D eigenvalue weighted by Crippen LogP contribution is 2.39. The van der Waals surface area contributed by atoms with Crippen molar-refractivity contribution in [3.8, 4) is 23.6 Å². The summed E-state index contributed by atoms with van der Waals surface area (Å²) in [6.45, 7) is 0. The van der Waals surface area contributed by atoms with E-state index in [1.165, 1.54) is 24.3 Å². The van der Waals surface area contributed by atoms with E-state index in [0.29, 0.717) is 17.7 Å². The van der Waals surface area contributed by atoms with Crippen LogP contribution < -0.4 is 4.74 Å². The number of hydrogen-bond acceptors (Lipinski definition) is 5. The van der Waals surface area contributed by atoms with Crippen molar-refractivity contribution in [2.45, 2.75) is 6.18 Å². The lowest BCUT2D eigenvalue weighted by Gasteiger charge is -2.11. The molecule has 6 nitrogen and oxygen atoms in total. The van der Waals surface area contributed by atoms with E-state index in [1.807, 2.05) is 0 Å². The van der Waals surface area contributed by atoms with Crippen LogP contribution in [0.3, 0.4) is 0 Å². The van der Waals surface area contributed by atoms with Gasteiger partial charge in [0.05, 0.1) is 15.5 Å². The first-order chi connectivity index (χ1) is 12.7. The number of rotatable bonds is 4. The molecule has 0 aliphatic heterocycles. The first-order valence-corrected chi connectivity index (χ1v) is 7.38. The number of allylic oxidation sites excluding steroid dienone is 1. The molecule has 0 saturated carbocycles. The molecular weight excluding hydrogens is 387 g/mol. The molecule has 27 heavy (non-hydrogen) atoms. The van der Waals surface area contributed by atoms with Crippen molar-refractivity contribution in [2.75, 3.05) is 0 Å².